The van der Waals surface area contributed by atoms with Crippen LogP contribution in [-0.2, 0) is 9.53 Å². The number of carbonyl (C=O) groups is 2. The van der Waals surface area contributed by atoms with Crippen LogP contribution >= 0.6 is 11.6 Å². The van der Waals surface area contributed by atoms with E-state index in [0.717, 1.165) is 11.0 Å². The third-order valence-electron chi connectivity index (χ3n) is 3.20. The van der Waals surface area contributed by atoms with Gasteiger partial charge in [-0.2, -0.15) is 5.26 Å². The summed E-state index contributed by atoms with van der Waals surface area (Å²) >= 11 is 5.80. The van der Waals surface area contributed by atoms with Crippen molar-refractivity contribution in [3.8, 4) is 6.07 Å². The minimum absolute atomic E-state index is 0.0828. The number of nitrogens with zero attached hydrogens (tertiary/aromatic N) is 3. The number of Topliss-reactive ketones (excluding diaryl/α,β-unsaturated/α-hetero) is 1. The minimum atomic E-state index is -0.970. The molecule has 0 saturated carbocycles. The van der Waals surface area contributed by atoms with Crippen molar-refractivity contribution in [2.24, 2.45) is 5.41 Å². The van der Waals surface area contributed by atoms with Crippen LogP contribution < -0.4 is 0 Å². The summed E-state index contributed by atoms with van der Waals surface area (Å²) < 4.78 is 5.17. The Morgan fingerprint density at radius 2 is 1.88 bits per heavy atom. The van der Waals surface area contributed by atoms with Crippen molar-refractivity contribution in [1.29, 1.82) is 5.26 Å². The summed E-state index contributed by atoms with van der Waals surface area (Å²) in [5.74, 6) is -1.10. The number of ether oxygens (including phenoxy) is 1. The summed E-state index contributed by atoms with van der Waals surface area (Å²) in [5.41, 5.74) is -2.14. The van der Waals surface area contributed by atoms with E-state index in [1.165, 1.54) is 26.2 Å². The lowest BCUT2D eigenvalue weighted by Crippen LogP contribution is -2.26. The lowest BCUT2D eigenvalue weighted by Gasteiger charge is -2.19. The van der Waals surface area contributed by atoms with Crippen molar-refractivity contribution < 1.29 is 19.2 Å². The van der Waals surface area contributed by atoms with Gasteiger partial charge in [-0.25, -0.2) is 4.79 Å². The average Bonchev–Trinajstić information content (AvgIpc) is 2.53. The van der Waals surface area contributed by atoms with Crippen LogP contribution in [0, 0.1) is 26.9 Å². The van der Waals surface area contributed by atoms with Crippen LogP contribution in [0.1, 0.15) is 26.3 Å². The van der Waals surface area contributed by atoms with Crippen LogP contribution in [0.25, 0.3) is 5.76 Å². The van der Waals surface area contributed by atoms with Crippen LogP contribution in [0.4, 0.5) is 10.5 Å². The summed E-state index contributed by atoms with van der Waals surface area (Å²) in [5, 5.41) is 21.0. The summed E-state index contributed by atoms with van der Waals surface area (Å²) in [6.07, 6.45) is -0.890. The molecule has 9 heteroatoms. The van der Waals surface area contributed by atoms with Crippen LogP contribution in [0.15, 0.2) is 23.8 Å². The molecule has 0 atom stereocenters. The summed E-state index contributed by atoms with van der Waals surface area (Å²) in [6.45, 7) is 4.73. The number of halogens is 1. The van der Waals surface area contributed by atoms with Crippen molar-refractivity contribution in [2.45, 2.75) is 20.8 Å². The Morgan fingerprint density at radius 3 is 2.31 bits per heavy atom. The number of hydrogen-bond acceptors (Lipinski definition) is 6. The Morgan fingerprint density at radius 1 is 1.31 bits per heavy atom. The van der Waals surface area contributed by atoms with E-state index < -0.39 is 39.2 Å². The zero-order chi connectivity index (χ0) is 20.2. The number of nitriles is 1. The molecule has 0 aliphatic heterocycles. The molecule has 1 aromatic rings. The molecule has 0 spiro atoms. The van der Waals surface area contributed by atoms with E-state index in [-0.39, 0.29) is 10.6 Å². The summed E-state index contributed by atoms with van der Waals surface area (Å²) in [7, 11) is 2.79. The maximum Gasteiger partial charge on any atom is 0.414 e. The highest BCUT2D eigenvalue weighted by atomic mass is 35.5. The Bertz CT molecular complexity index is 832. The summed E-state index contributed by atoms with van der Waals surface area (Å²) in [6, 6.07) is 5.33. The average molecular weight is 380 g/mol. The van der Waals surface area contributed by atoms with Gasteiger partial charge >= 0.3 is 6.09 Å². The number of amides is 1. The van der Waals surface area contributed by atoms with Gasteiger partial charge in [-0.15, -0.1) is 0 Å². The van der Waals surface area contributed by atoms with Gasteiger partial charge in [0.1, 0.15) is 11.6 Å². The van der Waals surface area contributed by atoms with E-state index in [9.17, 15) is 25.0 Å². The first kappa shape index (κ1) is 21.1. The molecule has 1 rings (SSSR count). The molecule has 8 nitrogen and oxygen atoms in total. The van der Waals surface area contributed by atoms with E-state index >= 15 is 0 Å². The lowest BCUT2D eigenvalue weighted by atomic mass is 9.85. The third-order valence-corrected chi connectivity index (χ3v) is 3.44. The van der Waals surface area contributed by atoms with E-state index in [0.29, 0.717) is 0 Å². The van der Waals surface area contributed by atoms with Gasteiger partial charge in [-0.3, -0.25) is 14.9 Å². The van der Waals surface area contributed by atoms with Crippen molar-refractivity contribution in [2.75, 3.05) is 14.1 Å². The van der Waals surface area contributed by atoms with Crippen LogP contribution in [0.2, 0.25) is 5.02 Å². The standard InChI is InChI=1S/C17H18ClN3O5/c1-17(2,3)15(22)12(9-19)14(26-16(23)20(4)5)11-7-6-10(18)8-13(11)21(24)25/h6-8H,1-5H3/b14-12-. The van der Waals surface area contributed by atoms with Crippen LogP contribution in [0.5, 0.6) is 0 Å². The number of nitro benzene ring substituents is 1. The number of nitro groups is 1. The fourth-order valence-corrected chi connectivity index (χ4v) is 2.01. The van der Waals surface area contributed by atoms with E-state index in [4.69, 9.17) is 16.3 Å². The largest absolute Gasteiger partial charge is 0.414 e. The van der Waals surface area contributed by atoms with E-state index in [1.54, 1.807) is 26.8 Å². The number of ketones is 1. The van der Waals surface area contributed by atoms with Crippen LogP contribution in [-0.4, -0.2) is 35.8 Å². The number of hydrogen-bond donors (Lipinski definition) is 0. The number of benzene rings is 1. The fraction of sp³-hybridized carbons (Fsp3) is 0.353. The Kier molecular flexibility index (Phi) is 6.48. The maximum absolute atomic E-state index is 12.6. The molecule has 1 aromatic carbocycles. The Hall–Kier alpha value is -2.92. The van der Waals surface area contributed by atoms with Crippen molar-refractivity contribution in [3.63, 3.8) is 0 Å². The number of allylic oxidation sites excluding steroid dienone is 1. The normalized spacial score (nSPS) is 11.9. The second kappa shape index (κ2) is 7.97. The van der Waals surface area contributed by atoms with Gasteiger partial charge in [0, 0.05) is 30.6 Å². The van der Waals surface area contributed by atoms with Gasteiger partial charge in [-0.1, -0.05) is 32.4 Å². The molecule has 0 heterocycles. The molecule has 0 radical (unpaired) electrons. The smallest absolute Gasteiger partial charge is 0.408 e. The third kappa shape index (κ3) is 4.80. The number of rotatable bonds is 4. The molecule has 0 saturated heterocycles. The van der Waals surface area contributed by atoms with E-state index in [1.807, 2.05) is 0 Å². The van der Waals surface area contributed by atoms with Crippen molar-refractivity contribution in [3.05, 3.63) is 44.5 Å². The molecule has 1 amide bonds. The highest BCUT2D eigenvalue weighted by molar-refractivity contribution is 6.30. The highest BCUT2D eigenvalue weighted by Crippen LogP contribution is 2.34. The van der Waals surface area contributed by atoms with Gasteiger partial charge in [0.2, 0.25) is 0 Å². The predicted octanol–water partition coefficient (Wildman–Crippen LogP) is 3.80. The maximum atomic E-state index is 12.6. The molecule has 0 aliphatic carbocycles. The lowest BCUT2D eigenvalue weighted by molar-refractivity contribution is -0.385. The first-order valence-electron chi connectivity index (χ1n) is 7.42. The zero-order valence-electron chi connectivity index (χ0n) is 15.0. The van der Waals surface area contributed by atoms with Gasteiger partial charge < -0.3 is 9.64 Å². The molecule has 0 unspecified atom stereocenters. The number of carbonyl (C=O) groups excluding carboxylic acids is 2. The molecular weight excluding hydrogens is 362 g/mol. The van der Waals surface area contributed by atoms with Crippen LogP contribution in [0.3, 0.4) is 0 Å². The van der Waals surface area contributed by atoms with Gasteiger partial charge in [0.15, 0.2) is 11.5 Å². The molecule has 26 heavy (non-hydrogen) atoms. The molecule has 138 valence electrons. The zero-order valence-corrected chi connectivity index (χ0v) is 15.7. The Labute approximate surface area is 155 Å². The molecule has 0 bridgehead atoms. The first-order chi connectivity index (χ1) is 11.9. The molecule has 0 fully saturated rings. The van der Waals surface area contributed by atoms with Gasteiger partial charge in [0.25, 0.3) is 5.69 Å². The SMILES string of the molecule is CN(C)C(=O)O/C(=C(/C#N)C(=O)C(C)(C)C)c1ccc(Cl)cc1[N+](=O)[O-]. The molecule has 0 aliphatic rings. The quantitative estimate of drug-likeness (QED) is 0.258. The molecule has 0 N–H and O–H groups in total. The second-order valence-electron chi connectivity index (χ2n) is 6.58. The summed E-state index contributed by atoms with van der Waals surface area (Å²) in [4.78, 5) is 36.4. The monoisotopic (exact) mass is 379 g/mol. The van der Waals surface area contributed by atoms with Crippen molar-refractivity contribution >= 4 is 34.9 Å². The van der Waals surface area contributed by atoms with Gasteiger partial charge in [0.05, 0.1) is 10.5 Å². The van der Waals surface area contributed by atoms with E-state index in [2.05, 4.69) is 0 Å². The fourth-order valence-electron chi connectivity index (χ4n) is 1.85. The molecule has 0 aromatic heterocycles. The topological polar surface area (TPSA) is 114 Å². The highest BCUT2D eigenvalue weighted by Gasteiger charge is 2.33. The molecular formula is C17H18ClN3O5. The predicted molar refractivity (Wildman–Crippen MR) is 95.3 cm³/mol. The second-order valence-corrected chi connectivity index (χ2v) is 7.01. The Balaban J connectivity index is 3.81. The van der Waals surface area contributed by atoms with Crippen molar-refractivity contribution in [1.82, 2.24) is 4.90 Å². The first-order valence-corrected chi connectivity index (χ1v) is 7.80. The van der Waals surface area contributed by atoms with Gasteiger partial charge in [-0.05, 0) is 12.1 Å². The minimum Gasteiger partial charge on any atom is -0.408 e.